The fraction of sp³-hybridized carbons (Fsp3) is 0.562. The third kappa shape index (κ3) is 4.11. The van der Waals surface area contributed by atoms with Gasteiger partial charge in [-0.05, 0) is 26.0 Å². The van der Waals surface area contributed by atoms with Gasteiger partial charge in [-0.3, -0.25) is 4.79 Å². The molecule has 1 fully saturated rings. The molecule has 1 aliphatic rings. The molecule has 2 N–H and O–H groups in total. The molecular formula is C16H25N3O2. The molecule has 1 heterocycles. The fourth-order valence-corrected chi connectivity index (χ4v) is 2.60. The van der Waals surface area contributed by atoms with Crippen LogP contribution in [-0.2, 0) is 4.79 Å². The van der Waals surface area contributed by atoms with Gasteiger partial charge in [0.2, 0.25) is 5.91 Å². The molecule has 0 radical (unpaired) electrons. The molecule has 5 heteroatoms. The van der Waals surface area contributed by atoms with E-state index in [0.29, 0.717) is 13.0 Å². The number of hydrogen-bond donors (Lipinski definition) is 1. The molecule has 1 unspecified atom stereocenters. The predicted octanol–water partition coefficient (Wildman–Crippen LogP) is 1.47. The minimum atomic E-state index is -0.0748. The van der Waals surface area contributed by atoms with Crippen LogP contribution in [-0.4, -0.2) is 49.6 Å². The summed E-state index contributed by atoms with van der Waals surface area (Å²) < 4.78 is 5.68. The smallest absolute Gasteiger partial charge is 0.224 e. The van der Waals surface area contributed by atoms with Crippen molar-refractivity contribution >= 4 is 11.6 Å². The lowest BCUT2D eigenvalue weighted by atomic mass is 10.2. The minimum absolute atomic E-state index is 0.0748. The molecule has 116 valence electrons. The maximum Gasteiger partial charge on any atom is 0.224 e. The second kappa shape index (κ2) is 7.31. The number of piperazine rings is 1. The molecule has 1 aromatic carbocycles. The van der Waals surface area contributed by atoms with Gasteiger partial charge in [-0.15, -0.1) is 0 Å². The van der Waals surface area contributed by atoms with Crippen LogP contribution in [0.15, 0.2) is 24.3 Å². The number of hydrogen-bond acceptors (Lipinski definition) is 4. The van der Waals surface area contributed by atoms with Gasteiger partial charge in [0.05, 0.1) is 12.3 Å². The summed E-state index contributed by atoms with van der Waals surface area (Å²) in [7, 11) is 0. The monoisotopic (exact) mass is 291 g/mol. The van der Waals surface area contributed by atoms with Crippen LogP contribution in [0.5, 0.6) is 5.75 Å². The Kier molecular flexibility index (Phi) is 5.44. The Hall–Kier alpha value is -1.75. The number of nitrogens with zero attached hydrogens (tertiary/aromatic N) is 2. The Morgan fingerprint density at radius 1 is 1.29 bits per heavy atom. The van der Waals surface area contributed by atoms with Crippen LogP contribution in [0.1, 0.15) is 20.3 Å². The lowest BCUT2D eigenvalue weighted by molar-refractivity contribution is -0.131. The third-order valence-electron chi connectivity index (χ3n) is 3.63. The Labute approximate surface area is 126 Å². The van der Waals surface area contributed by atoms with E-state index < -0.39 is 0 Å². The second-order valence-corrected chi connectivity index (χ2v) is 5.45. The van der Waals surface area contributed by atoms with E-state index in [-0.39, 0.29) is 11.9 Å². The number of anilines is 1. The molecule has 1 atom stereocenters. The number of ether oxygens (including phenoxy) is 1. The van der Waals surface area contributed by atoms with Gasteiger partial charge in [-0.1, -0.05) is 12.1 Å². The Morgan fingerprint density at radius 3 is 2.57 bits per heavy atom. The fourth-order valence-electron chi connectivity index (χ4n) is 2.60. The molecule has 2 rings (SSSR count). The zero-order valence-corrected chi connectivity index (χ0v) is 12.9. The van der Waals surface area contributed by atoms with Crippen LogP contribution in [0.2, 0.25) is 0 Å². The second-order valence-electron chi connectivity index (χ2n) is 5.45. The molecule has 1 amide bonds. The lowest BCUT2D eigenvalue weighted by Crippen LogP contribution is -2.49. The van der Waals surface area contributed by atoms with E-state index in [1.165, 1.54) is 0 Å². The molecule has 1 aliphatic heterocycles. The van der Waals surface area contributed by atoms with Crippen LogP contribution in [0.3, 0.4) is 0 Å². The largest absolute Gasteiger partial charge is 0.492 e. The summed E-state index contributed by atoms with van der Waals surface area (Å²) in [4.78, 5) is 16.2. The standard InChI is InChI=1S/C16H25N3O2/c1-3-21-15-7-5-4-6-14(15)18-8-10-19(11-9-18)16(20)12-13(2)17/h4-7,13H,3,8-12,17H2,1-2H3. The SMILES string of the molecule is CCOc1ccccc1N1CCN(C(=O)CC(C)N)CC1. The van der Waals surface area contributed by atoms with Crippen molar-refractivity contribution in [2.24, 2.45) is 5.73 Å². The van der Waals surface area contributed by atoms with Crippen LogP contribution in [0, 0.1) is 0 Å². The number of benzene rings is 1. The van der Waals surface area contributed by atoms with E-state index in [1.54, 1.807) is 0 Å². The van der Waals surface area contributed by atoms with E-state index >= 15 is 0 Å². The van der Waals surface area contributed by atoms with Gasteiger partial charge in [0.15, 0.2) is 0 Å². The Morgan fingerprint density at radius 2 is 1.95 bits per heavy atom. The van der Waals surface area contributed by atoms with Gasteiger partial charge in [-0.2, -0.15) is 0 Å². The normalized spacial score (nSPS) is 16.7. The summed E-state index contributed by atoms with van der Waals surface area (Å²) in [6.45, 7) is 7.65. The highest BCUT2D eigenvalue weighted by molar-refractivity contribution is 5.77. The van der Waals surface area contributed by atoms with Gasteiger partial charge >= 0.3 is 0 Å². The first kappa shape index (κ1) is 15.6. The minimum Gasteiger partial charge on any atom is -0.492 e. The average Bonchev–Trinajstić information content (AvgIpc) is 2.48. The molecule has 0 aromatic heterocycles. The summed E-state index contributed by atoms with van der Waals surface area (Å²) in [6.07, 6.45) is 0.426. The molecule has 0 aliphatic carbocycles. The number of rotatable bonds is 5. The molecular weight excluding hydrogens is 266 g/mol. The van der Waals surface area contributed by atoms with Crippen molar-refractivity contribution in [3.63, 3.8) is 0 Å². The van der Waals surface area contributed by atoms with Crippen LogP contribution in [0.4, 0.5) is 5.69 Å². The van der Waals surface area contributed by atoms with Crippen molar-refractivity contribution in [1.82, 2.24) is 4.90 Å². The molecule has 0 bridgehead atoms. The number of carbonyl (C=O) groups is 1. The number of amides is 1. The van der Waals surface area contributed by atoms with E-state index in [1.807, 2.05) is 36.9 Å². The van der Waals surface area contributed by atoms with Crippen molar-refractivity contribution < 1.29 is 9.53 Å². The molecule has 21 heavy (non-hydrogen) atoms. The van der Waals surface area contributed by atoms with Gasteiger partial charge in [0.25, 0.3) is 0 Å². The first-order chi connectivity index (χ1) is 10.1. The zero-order valence-electron chi connectivity index (χ0n) is 12.9. The summed E-state index contributed by atoms with van der Waals surface area (Å²) >= 11 is 0. The first-order valence-electron chi connectivity index (χ1n) is 7.62. The van der Waals surface area contributed by atoms with Crippen molar-refractivity contribution in [1.29, 1.82) is 0 Å². The van der Waals surface area contributed by atoms with E-state index in [2.05, 4.69) is 11.0 Å². The summed E-state index contributed by atoms with van der Waals surface area (Å²) in [6, 6.07) is 7.99. The van der Waals surface area contributed by atoms with Crippen molar-refractivity contribution in [3.05, 3.63) is 24.3 Å². The van der Waals surface area contributed by atoms with Gasteiger partial charge in [-0.25, -0.2) is 0 Å². The average molecular weight is 291 g/mol. The molecule has 0 saturated carbocycles. The van der Waals surface area contributed by atoms with Crippen molar-refractivity contribution in [2.45, 2.75) is 26.3 Å². The van der Waals surface area contributed by atoms with Crippen LogP contribution < -0.4 is 15.4 Å². The van der Waals surface area contributed by atoms with E-state index in [9.17, 15) is 4.79 Å². The molecule has 0 spiro atoms. The quantitative estimate of drug-likeness (QED) is 0.892. The highest BCUT2D eigenvalue weighted by Crippen LogP contribution is 2.28. The maximum absolute atomic E-state index is 12.0. The summed E-state index contributed by atoms with van der Waals surface area (Å²) in [5.74, 6) is 1.07. The lowest BCUT2D eigenvalue weighted by Gasteiger charge is -2.37. The maximum atomic E-state index is 12.0. The summed E-state index contributed by atoms with van der Waals surface area (Å²) in [5, 5.41) is 0. The number of para-hydroxylation sites is 2. The Balaban J connectivity index is 1.96. The highest BCUT2D eigenvalue weighted by atomic mass is 16.5. The topological polar surface area (TPSA) is 58.8 Å². The van der Waals surface area contributed by atoms with Crippen LogP contribution in [0.25, 0.3) is 0 Å². The van der Waals surface area contributed by atoms with Gasteiger partial charge in [0, 0.05) is 38.6 Å². The van der Waals surface area contributed by atoms with Crippen molar-refractivity contribution in [3.8, 4) is 5.75 Å². The van der Waals surface area contributed by atoms with E-state index in [4.69, 9.17) is 10.5 Å². The third-order valence-corrected chi connectivity index (χ3v) is 3.63. The summed E-state index contributed by atoms with van der Waals surface area (Å²) in [5.41, 5.74) is 6.81. The first-order valence-corrected chi connectivity index (χ1v) is 7.62. The van der Waals surface area contributed by atoms with Crippen LogP contribution >= 0.6 is 0 Å². The zero-order chi connectivity index (χ0) is 15.2. The molecule has 5 nitrogen and oxygen atoms in total. The molecule has 1 aromatic rings. The van der Waals surface area contributed by atoms with E-state index in [0.717, 1.165) is 37.6 Å². The highest BCUT2D eigenvalue weighted by Gasteiger charge is 2.23. The predicted molar refractivity (Wildman–Crippen MR) is 84.7 cm³/mol. The number of nitrogens with two attached hydrogens (primary N) is 1. The Bertz CT molecular complexity index is 468. The number of carbonyl (C=O) groups excluding carboxylic acids is 1. The van der Waals surface area contributed by atoms with Gasteiger partial charge in [0.1, 0.15) is 5.75 Å². The van der Waals surface area contributed by atoms with Crippen molar-refractivity contribution in [2.75, 3.05) is 37.7 Å². The molecule has 1 saturated heterocycles. The van der Waals surface area contributed by atoms with Gasteiger partial charge < -0.3 is 20.3 Å².